The minimum atomic E-state index is 0.100. The van der Waals surface area contributed by atoms with E-state index < -0.39 is 0 Å². The van der Waals surface area contributed by atoms with Crippen LogP contribution in [0.2, 0.25) is 0 Å². The highest BCUT2D eigenvalue weighted by Crippen LogP contribution is 2.31. The van der Waals surface area contributed by atoms with Crippen molar-refractivity contribution in [1.29, 1.82) is 5.41 Å². The van der Waals surface area contributed by atoms with Crippen LogP contribution in [0.15, 0.2) is 51.6 Å². The Kier molecular flexibility index (Phi) is 6.10. The van der Waals surface area contributed by atoms with Crippen molar-refractivity contribution in [3.05, 3.63) is 51.6 Å². The fraction of sp³-hybridized carbons (Fsp3) is 0.267. The molecule has 0 atom stereocenters. The van der Waals surface area contributed by atoms with Gasteiger partial charge in [0.25, 0.3) is 0 Å². The van der Waals surface area contributed by atoms with E-state index in [2.05, 4.69) is 12.3 Å². The Hall–Kier alpha value is -1.28. The van der Waals surface area contributed by atoms with Crippen molar-refractivity contribution in [2.45, 2.75) is 20.3 Å². The zero-order valence-corrected chi connectivity index (χ0v) is 12.6. The summed E-state index contributed by atoms with van der Waals surface area (Å²) in [5.74, 6) is 0.484. The van der Waals surface area contributed by atoms with E-state index in [0.717, 1.165) is 10.5 Å². The number of thioether (sulfide) groups is 1. The molecule has 1 aliphatic carbocycles. The van der Waals surface area contributed by atoms with Gasteiger partial charge in [-0.15, -0.1) is 17.5 Å². The van der Waals surface area contributed by atoms with Gasteiger partial charge in [0.15, 0.2) is 0 Å². The highest BCUT2D eigenvalue weighted by Gasteiger charge is 2.14. The Balaban J connectivity index is 3.26. The predicted molar refractivity (Wildman–Crippen MR) is 83.9 cm³/mol. The summed E-state index contributed by atoms with van der Waals surface area (Å²) in [6.45, 7) is 7.09. The highest BCUT2D eigenvalue weighted by atomic mass is 35.5. The highest BCUT2D eigenvalue weighted by molar-refractivity contribution is 8.03. The van der Waals surface area contributed by atoms with Crippen LogP contribution in [-0.4, -0.2) is 17.2 Å². The van der Waals surface area contributed by atoms with Crippen molar-refractivity contribution in [2.24, 2.45) is 0 Å². The number of hydrogen-bond acceptors (Lipinski definition) is 3. The van der Waals surface area contributed by atoms with Crippen molar-refractivity contribution < 1.29 is 4.79 Å². The summed E-state index contributed by atoms with van der Waals surface area (Å²) in [7, 11) is 0. The van der Waals surface area contributed by atoms with Gasteiger partial charge in [0, 0.05) is 22.6 Å². The van der Waals surface area contributed by atoms with Crippen LogP contribution in [-0.2, 0) is 4.79 Å². The first-order valence-electron chi connectivity index (χ1n) is 5.80. The molecule has 0 radical (unpaired) electrons. The van der Waals surface area contributed by atoms with Gasteiger partial charge in [0.05, 0.1) is 10.8 Å². The molecule has 0 aliphatic heterocycles. The van der Waals surface area contributed by atoms with E-state index in [4.69, 9.17) is 17.0 Å². The summed E-state index contributed by atoms with van der Waals surface area (Å²) in [6, 6.07) is 0. The molecule has 0 unspecified atom stereocenters. The first kappa shape index (κ1) is 15.8. The van der Waals surface area contributed by atoms with E-state index in [-0.39, 0.29) is 5.78 Å². The number of carbonyl (C=O) groups is 1. The second kappa shape index (κ2) is 7.34. The SMILES string of the molecule is C=C1C=C=CC/C(SCC(C)=O)=C(/C(C)=N)C(Cl)=C1. The predicted octanol–water partition coefficient (Wildman–Crippen LogP) is 4.40. The van der Waals surface area contributed by atoms with Crippen LogP contribution >= 0.6 is 23.4 Å². The average molecular weight is 294 g/mol. The molecule has 1 rings (SSSR count). The summed E-state index contributed by atoms with van der Waals surface area (Å²) >= 11 is 7.70. The van der Waals surface area contributed by atoms with Crippen LogP contribution in [0.3, 0.4) is 0 Å². The van der Waals surface area contributed by atoms with Crippen molar-refractivity contribution in [1.82, 2.24) is 0 Å². The van der Waals surface area contributed by atoms with Crippen molar-refractivity contribution in [3.63, 3.8) is 0 Å². The summed E-state index contributed by atoms with van der Waals surface area (Å²) in [5, 5.41) is 8.37. The van der Waals surface area contributed by atoms with Crippen molar-refractivity contribution in [2.75, 3.05) is 5.75 Å². The molecule has 100 valence electrons. The maximum Gasteiger partial charge on any atom is 0.140 e. The lowest BCUT2D eigenvalue weighted by Gasteiger charge is -2.12. The number of rotatable bonds is 4. The number of hydrogen-bond donors (Lipinski definition) is 1. The van der Waals surface area contributed by atoms with Crippen molar-refractivity contribution >= 4 is 34.9 Å². The molecule has 19 heavy (non-hydrogen) atoms. The van der Waals surface area contributed by atoms with Crippen LogP contribution < -0.4 is 0 Å². The summed E-state index contributed by atoms with van der Waals surface area (Å²) in [4.78, 5) is 12.0. The zero-order chi connectivity index (χ0) is 14.4. The van der Waals surface area contributed by atoms with Crippen LogP contribution in [0.1, 0.15) is 20.3 Å². The largest absolute Gasteiger partial charge is 0.305 e. The Morgan fingerprint density at radius 2 is 2.26 bits per heavy atom. The van der Waals surface area contributed by atoms with Gasteiger partial charge in [-0.05, 0) is 37.6 Å². The standard InChI is InChI=1S/C15H16ClNOS/c1-10-6-4-5-7-14(19-9-11(2)18)15(12(3)17)13(16)8-10/h5-6,8,17H,1,7,9H2,2-3H3/b13-8?,15-14+,17-12?. The topological polar surface area (TPSA) is 40.9 Å². The molecular formula is C15H16ClNOS. The number of Topliss-reactive ketones (excluding diaryl/α,β-unsaturated/α-hetero) is 1. The van der Waals surface area contributed by atoms with Crippen LogP contribution in [0.5, 0.6) is 0 Å². The summed E-state index contributed by atoms with van der Waals surface area (Å²) < 4.78 is 0. The number of carbonyl (C=O) groups excluding carboxylic acids is 1. The van der Waals surface area contributed by atoms with Crippen LogP contribution in [0.4, 0.5) is 0 Å². The number of nitrogens with one attached hydrogen (secondary N) is 1. The second-order valence-corrected chi connectivity index (χ2v) is 5.68. The Labute approximate surface area is 123 Å². The molecule has 0 heterocycles. The first-order chi connectivity index (χ1) is 8.91. The monoisotopic (exact) mass is 293 g/mol. The van der Waals surface area contributed by atoms with Gasteiger partial charge in [0.1, 0.15) is 5.78 Å². The Morgan fingerprint density at radius 3 is 2.84 bits per heavy atom. The van der Waals surface area contributed by atoms with E-state index in [1.165, 1.54) is 11.8 Å². The van der Waals surface area contributed by atoms with Crippen molar-refractivity contribution in [3.8, 4) is 0 Å². The summed E-state index contributed by atoms with van der Waals surface area (Å²) in [6.07, 6.45) is 5.94. The lowest BCUT2D eigenvalue weighted by atomic mass is 10.1. The third-order valence-corrected chi connectivity index (χ3v) is 3.90. The van der Waals surface area contributed by atoms with Gasteiger partial charge in [-0.3, -0.25) is 4.79 Å². The minimum Gasteiger partial charge on any atom is -0.305 e. The molecule has 1 N–H and O–H groups in total. The molecule has 0 amide bonds. The van der Waals surface area contributed by atoms with Gasteiger partial charge in [-0.1, -0.05) is 18.2 Å². The lowest BCUT2D eigenvalue weighted by Crippen LogP contribution is -2.02. The third kappa shape index (κ3) is 5.07. The third-order valence-electron chi connectivity index (χ3n) is 2.33. The molecule has 0 saturated heterocycles. The molecule has 0 aromatic rings. The quantitative estimate of drug-likeness (QED) is 0.616. The fourth-order valence-corrected chi connectivity index (χ4v) is 2.98. The van der Waals surface area contributed by atoms with E-state index >= 15 is 0 Å². The molecule has 1 aliphatic rings. The van der Waals surface area contributed by atoms with E-state index in [0.29, 0.717) is 28.5 Å². The Bertz CT molecular complexity index is 548. The van der Waals surface area contributed by atoms with E-state index in [1.54, 1.807) is 26.0 Å². The smallest absolute Gasteiger partial charge is 0.140 e. The molecule has 2 nitrogen and oxygen atoms in total. The number of halogens is 1. The molecule has 0 spiro atoms. The van der Waals surface area contributed by atoms with Crippen LogP contribution in [0.25, 0.3) is 0 Å². The number of allylic oxidation sites excluding steroid dienone is 6. The van der Waals surface area contributed by atoms with Gasteiger partial charge in [-0.2, -0.15) is 0 Å². The average Bonchev–Trinajstić information content (AvgIpc) is 2.35. The lowest BCUT2D eigenvalue weighted by molar-refractivity contribution is -0.114. The molecule has 0 saturated carbocycles. The van der Waals surface area contributed by atoms with E-state index in [1.807, 2.05) is 6.08 Å². The van der Waals surface area contributed by atoms with Gasteiger partial charge in [0.2, 0.25) is 0 Å². The van der Waals surface area contributed by atoms with E-state index in [9.17, 15) is 4.79 Å². The molecular weight excluding hydrogens is 278 g/mol. The maximum absolute atomic E-state index is 11.1. The van der Waals surface area contributed by atoms with Gasteiger partial charge < -0.3 is 5.41 Å². The molecule has 0 aromatic heterocycles. The normalized spacial score (nSPS) is 19.5. The molecule has 0 fully saturated rings. The maximum atomic E-state index is 11.1. The molecule has 4 heteroatoms. The first-order valence-corrected chi connectivity index (χ1v) is 7.16. The van der Waals surface area contributed by atoms with Crippen LogP contribution in [0, 0.1) is 5.41 Å². The fourth-order valence-electron chi connectivity index (χ4n) is 1.54. The zero-order valence-electron chi connectivity index (χ0n) is 11.0. The Morgan fingerprint density at radius 1 is 1.58 bits per heavy atom. The van der Waals surface area contributed by atoms with Gasteiger partial charge in [-0.25, -0.2) is 0 Å². The summed E-state index contributed by atoms with van der Waals surface area (Å²) in [5.41, 5.74) is 4.82. The second-order valence-electron chi connectivity index (χ2n) is 4.20. The molecule has 0 bridgehead atoms. The molecule has 0 aromatic carbocycles. The minimum absolute atomic E-state index is 0.100. The van der Waals surface area contributed by atoms with Gasteiger partial charge >= 0.3 is 0 Å². The number of ketones is 1.